The predicted octanol–water partition coefficient (Wildman–Crippen LogP) is 4.77. The number of nitrogens with one attached hydrogen (secondary N) is 1. The number of rotatable bonds is 7. The third-order valence-corrected chi connectivity index (χ3v) is 7.23. The fourth-order valence-electron chi connectivity index (χ4n) is 4.99. The van der Waals surface area contributed by atoms with Gasteiger partial charge in [-0.05, 0) is 61.4 Å². The summed E-state index contributed by atoms with van der Waals surface area (Å²) in [5.41, 5.74) is 5.32. The van der Waals surface area contributed by atoms with Gasteiger partial charge in [0.15, 0.2) is 0 Å². The summed E-state index contributed by atoms with van der Waals surface area (Å²) in [6.45, 7) is -0.199. The van der Waals surface area contributed by atoms with Crippen LogP contribution in [0.1, 0.15) is 59.6 Å². The number of benzene rings is 1. The van der Waals surface area contributed by atoms with Crippen molar-refractivity contribution in [3.8, 4) is 11.3 Å². The second-order valence-corrected chi connectivity index (χ2v) is 9.98. The lowest BCUT2D eigenvalue weighted by molar-refractivity contribution is 0.0247. The van der Waals surface area contributed by atoms with Gasteiger partial charge >= 0.3 is 0 Å². The Balaban J connectivity index is 1.41. The number of ether oxygens (including phenoxy) is 2. The molecule has 1 aliphatic heterocycles. The molecule has 3 aromatic rings. The van der Waals surface area contributed by atoms with Gasteiger partial charge in [0.25, 0.3) is 5.91 Å². The largest absolute Gasteiger partial charge is 0.376 e. The second-order valence-electron chi connectivity index (χ2n) is 9.98. The lowest BCUT2D eigenvalue weighted by Gasteiger charge is -2.18. The molecule has 39 heavy (non-hydrogen) atoms. The van der Waals surface area contributed by atoms with E-state index >= 15 is 8.78 Å². The number of alkyl halides is 1. The number of nitrogens with zero attached hydrogens (tertiary/aromatic N) is 3. The molecule has 2 aromatic heterocycles. The monoisotopic (exact) mass is 547 g/mol. The minimum Gasteiger partial charge on any atom is -0.376 e. The zero-order chi connectivity index (χ0) is 27.8. The predicted molar refractivity (Wildman–Crippen MR) is 134 cm³/mol. The van der Waals surface area contributed by atoms with Gasteiger partial charge in [-0.1, -0.05) is 0 Å². The molecule has 5 rings (SSSR count). The molecule has 1 unspecified atom stereocenters. The van der Waals surface area contributed by atoms with Crippen LogP contribution in [0.2, 0.25) is 0 Å². The van der Waals surface area contributed by atoms with E-state index in [2.05, 4.69) is 15.4 Å². The van der Waals surface area contributed by atoms with E-state index in [1.807, 2.05) is 0 Å². The van der Waals surface area contributed by atoms with Gasteiger partial charge in [-0.2, -0.15) is 5.10 Å². The minimum atomic E-state index is -1.31. The number of carbonyl (C=O) groups is 1. The van der Waals surface area contributed by atoms with Crippen LogP contribution in [-0.2, 0) is 16.5 Å². The van der Waals surface area contributed by atoms with E-state index in [4.69, 9.17) is 15.2 Å². The van der Waals surface area contributed by atoms with Crippen molar-refractivity contribution in [1.82, 2.24) is 14.8 Å². The number of methoxy groups -OCH3 is 1. The van der Waals surface area contributed by atoms with Crippen LogP contribution in [0.3, 0.4) is 0 Å². The number of hydrogen-bond donors (Lipinski definition) is 2. The summed E-state index contributed by atoms with van der Waals surface area (Å²) in [5.74, 6) is -3.60. The van der Waals surface area contributed by atoms with Crippen LogP contribution in [0.25, 0.3) is 11.3 Å². The Bertz CT molecular complexity index is 1340. The molecule has 0 bridgehead atoms. The van der Waals surface area contributed by atoms with Gasteiger partial charge in [0.1, 0.15) is 41.1 Å². The Morgan fingerprint density at radius 1 is 1.15 bits per heavy atom. The summed E-state index contributed by atoms with van der Waals surface area (Å²) in [6.07, 6.45) is 1.60. The summed E-state index contributed by atoms with van der Waals surface area (Å²) < 4.78 is 71.6. The lowest BCUT2D eigenvalue weighted by atomic mass is 10.00. The molecule has 4 atom stereocenters. The first-order valence-corrected chi connectivity index (χ1v) is 12.7. The molecule has 1 saturated carbocycles. The Kier molecular flexibility index (Phi) is 7.70. The number of halogens is 4. The average molecular weight is 548 g/mol. The van der Waals surface area contributed by atoms with E-state index in [0.29, 0.717) is 24.1 Å². The fourth-order valence-corrected chi connectivity index (χ4v) is 4.99. The molecule has 12 heteroatoms. The van der Waals surface area contributed by atoms with Crippen LogP contribution >= 0.6 is 0 Å². The molecule has 1 aliphatic carbocycles. The zero-order valence-electron chi connectivity index (χ0n) is 21.5. The molecule has 1 saturated heterocycles. The number of amides is 1. The third-order valence-electron chi connectivity index (χ3n) is 7.23. The molecule has 3 N–H and O–H groups in total. The van der Waals surface area contributed by atoms with Gasteiger partial charge < -0.3 is 20.5 Å². The minimum absolute atomic E-state index is 0.178. The molecule has 2 fully saturated rings. The van der Waals surface area contributed by atoms with E-state index < -0.39 is 59.0 Å². The van der Waals surface area contributed by atoms with Crippen LogP contribution < -0.4 is 11.1 Å². The second kappa shape index (κ2) is 11.0. The van der Waals surface area contributed by atoms with Gasteiger partial charge in [-0.15, -0.1) is 0 Å². The Hall–Kier alpha value is -3.35. The first kappa shape index (κ1) is 27.2. The van der Waals surface area contributed by atoms with Crippen molar-refractivity contribution >= 4 is 11.6 Å². The van der Waals surface area contributed by atoms with E-state index in [-0.39, 0.29) is 23.9 Å². The highest BCUT2D eigenvalue weighted by Crippen LogP contribution is 2.44. The highest BCUT2D eigenvalue weighted by Gasteiger charge is 2.34. The van der Waals surface area contributed by atoms with Crippen LogP contribution in [0.4, 0.5) is 23.2 Å². The maximum atomic E-state index is 15.1. The number of carbonyl (C=O) groups excluding carboxylic acids is 1. The third kappa shape index (κ3) is 5.54. The summed E-state index contributed by atoms with van der Waals surface area (Å²) >= 11 is 0. The van der Waals surface area contributed by atoms with Gasteiger partial charge in [-0.3, -0.25) is 9.48 Å². The Morgan fingerprint density at radius 2 is 1.87 bits per heavy atom. The van der Waals surface area contributed by atoms with Crippen molar-refractivity contribution < 1.29 is 31.8 Å². The maximum Gasteiger partial charge on any atom is 0.274 e. The number of aromatic nitrogens is 3. The highest BCUT2D eigenvalue weighted by molar-refractivity contribution is 6.03. The van der Waals surface area contributed by atoms with Crippen molar-refractivity contribution in [3.63, 3.8) is 0 Å². The molecule has 3 heterocycles. The highest BCUT2D eigenvalue weighted by atomic mass is 19.1. The first-order chi connectivity index (χ1) is 18.7. The fraction of sp³-hybridized carbons (Fsp3) is 0.444. The summed E-state index contributed by atoms with van der Waals surface area (Å²) in [4.78, 5) is 17.1. The zero-order valence-corrected chi connectivity index (χ0v) is 21.5. The van der Waals surface area contributed by atoms with Gasteiger partial charge in [0, 0.05) is 20.2 Å². The first-order valence-electron chi connectivity index (χ1n) is 12.7. The van der Waals surface area contributed by atoms with Crippen LogP contribution in [0, 0.1) is 23.4 Å². The molecule has 1 aromatic carbocycles. The van der Waals surface area contributed by atoms with E-state index in [1.165, 1.54) is 18.0 Å². The van der Waals surface area contributed by atoms with Crippen LogP contribution in [0.15, 0.2) is 30.5 Å². The van der Waals surface area contributed by atoms with E-state index in [9.17, 15) is 13.6 Å². The summed E-state index contributed by atoms with van der Waals surface area (Å²) in [7, 11) is 3.12. The molecule has 1 amide bonds. The normalized spacial score (nSPS) is 22.4. The Labute approximate surface area is 222 Å². The molecular weight excluding hydrogens is 518 g/mol. The van der Waals surface area contributed by atoms with Crippen molar-refractivity contribution in [2.45, 2.75) is 50.1 Å². The number of nitrogens with two attached hydrogens (primary N) is 1. The smallest absolute Gasteiger partial charge is 0.274 e. The lowest BCUT2D eigenvalue weighted by Crippen LogP contribution is -2.32. The topological polar surface area (TPSA) is 104 Å². The molecule has 0 radical (unpaired) electrons. The molecule has 8 nitrogen and oxygen atoms in total. The number of aryl methyl sites for hydroxylation is 1. The molecule has 0 spiro atoms. The number of anilines is 1. The van der Waals surface area contributed by atoms with Crippen LogP contribution in [-0.4, -0.2) is 46.6 Å². The molecule has 2 aliphatic rings. The standard InChI is InChI=1S/C27H29F4N5O3/c1-36-25(22-8-6-19(32)18(31)12-39-22)21(11-33-36)35-27(37)20-7-5-15(28)24(34-20)23-16(29)9-14(10-17(23)30)26(38-2)13-3-4-13/h5,7,9-11,13,18-19,22,26H,3-4,6,8,12,32H2,1-2H3,(H,35,37)/t18-,19-,22+,26?/m1/s1. The molecule has 208 valence electrons. The van der Waals surface area contributed by atoms with Crippen molar-refractivity contribution in [2.75, 3.05) is 19.0 Å². The molecular formula is C27H29F4N5O3. The quantitative estimate of drug-likeness (QED) is 0.413. The van der Waals surface area contributed by atoms with Gasteiger partial charge in [0.05, 0.1) is 35.9 Å². The number of hydrogen-bond acceptors (Lipinski definition) is 6. The van der Waals surface area contributed by atoms with E-state index in [1.54, 1.807) is 7.05 Å². The number of pyridine rings is 1. The average Bonchev–Trinajstić information content (AvgIpc) is 3.69. The Morgan fingerprint density at radius 3 is 2.54 bits per heavy atom. The van der Waals surface area contributed by atoms with Crippen molar-refractivity contribution in [2.24, 2.45) is 18.7 Å². The van der Waals surface area contributed by atoms with Gasteiger partial charge in [0.2, 0.25) is 0 Å². The van der Waals surface area contributed by atoms with Gasteiger partial charge in [-0.25, -0.2) is 22.5 Å². The van der Waals surface area contributed by atoms with Crippen molar-refractivity contribution in [3.05, 3.63) is 64.9 Å². The maximum absolute atomic E-state index is 15.1. The SMILES string of the molecule is COC(c1cc(F)c(-c2nc(C(=O)Nc3cnn(C)c3[C@@H]3CC[C@@H](N)[C@H](F)CO3)ccc2F)c(F)c1)C1CC1. The van der Waals surface area contributed by atoms with Crippen molar-refractivity contribution in [1.29, 1.82) is 0 Å². The summed E-state index contributed by atoms with van der Waals surface area (Å²) in [5, 5.41) is 6.81. The van der Waals surface area contributed by atoms with Crippen LogP contribution in [0.5, 0.6) is 0 Å². The summed E-state index contributed by atoms with van der Waals surface area (Å²) in [6, 6.07) is 3.60. The van der Waals surface area contributed by atoms with E-state index in [0.717, 1.165) is 37.1 Å².